The third-order valence-electron chi connectivity index (χ3n) is 4.67. The highest BCUT2D eigenvalue weighted by molar-refractivity contribution is 5.50. The van der Waals surface area contributed by atoms with Gasteiger partial charge in [-0.25, -0.2) is 0 Å². The molecule has 0 aliphatic heterocycles. The molecule has 0 aliphatic carbocycles. The Balaban J connectivity index is 1.98. The van der Waals surface area contributed by atoms with Crippen LogP contribution in [0, 0.1) is 0 Å². The second-order valence-electron chi connectivity index (χ2n) is 6.61. The lowest BCUT2D eigenvalue weighted by atomic mass is 9.84. The van der Waals surface area contributed by atoms with Gasteiger partial charge in [0.2, 0.25) is 0 Å². The fourth-order valence-electron chi connectivity index (χ4n) is 3.21. The van der Waals surface area contributed by atoms with E-state index in [4.69, 9.17) is 11.5 Å². The van der Waals surface area contributed by atoms with Crippen LogP contribution >= 0.6 is 0 Å². The van der Waals surface area contributed by atoms with Crippen LogP contribution in [-0.2, 0) is 6.42 Å². The average molecular weight is 330 g/mol. The number of hydrogen-bond donors (Lipinski definition) is 2. The van der Waals surface area contributed by atoms with E-state index in [1.54, 1.807) is 0 Å². The number of hydrogen-bond acceptors (Lipinski definition) is 2. The number of aryl methyl sites for hydroxylation is 1. The number of unbranched alkanes of at least 4 members (excludes halogenated alkanes) is 1. The Morgan fingerprint density at radius 1 is 0.640 bits per heavy atom. The van der Waals surface area contributed by atoms with Gasteiger partial charge in [0.1, 0.15) is 0 Å². The summed E-state index contributed by atoms with van der Waals surface area (Å²) in [7, 11) is 0. The molecule has 0 saturated carbocycles. The van der Waals surface area contributed by atoms with Crippen molar-refractivity contribution >= 4 is 11.4 Å². The van der Waals surface area contributed by atoms with E-state index in [0.717, 1.165) is 17.8 Å². The molecule has 0 aromatic heterocycles. The molecule has 0 spiro atoms. The van der Waals surface area contributed by atoms with Gasteiger partial charge in [0.15, 0.2) is 0 Å². The smallest absolute Gasteiger partial charge is 0.0340 e. The molecule has 0 fully saturated rings. The van der Waals surface area contributed by atoms with Crippen molar-refractivity contribution in [1.29, 1.82) is 0 Å². The van der Waals surface area contributed by atoms with E-state index in [-0.39, 0.29) is 5.92 Å². The minimum atomic E-state index is 0.182. The largest absolute Gasteiger partial charge is 0.399 e. The number of nitrogen functional groups attached to an aromatic ring is 2. The predicted molar refractivity (Wildman–Crippen MR) is 108 cm³/mol. The van der Waals surface area contributed by atoms with Gasteiger partial charge >= 0.3 is 0 Å². The summed E-state index contributed by atoms with van der Waals surface area (Å²) in [5.41, 5.74) is 18.5. The third kappa shape index (κ3) is 4.21. The maximum Gasteiger partial charge on any atom is 0.0340 e. The summed E-state index contributed by atoms with van der Waals surface area (Å²) in [5.74, 6) is 0.182. The highest BCUT2D eigenvalue weighted by atomic mass is 14.5. The summed E-state index contributed by atoms with van der Waals surface area (Å²) in [6.07, 6.45) is 3.60. The van der Waals surface area contributed by atoms with Crippen molar-refractivity contribution < 1.29 is 0 Å². The summed E-state index contributed by atoms with van der Waals surface area (Å²) in [5, 5.41) is 0. The van der Waals surface area contributed by atoms with Crippen molar-refractivity contribution in [2.45, 2.75) is 32.1 Å². The van der Waals surface area contributed by atoms with Crippen LogP contribution in [0.1, 0.15) is 47.9 Å². The van der Waals surface area contributed by atoms with E-state index in [2.05, 4.69) is 55.5 Å². The van der Waals surface area contributed by atoms with Crippen LogP contribution in [0.4, 0.5) is 11.4 Å². The Morgan fingerprint density at radius 2 is 1.04 bits per heavy atom. The van der Waals surface area contributed by atoms with Crippen molar-refractivity contribution in [3.8, 4) is 0 Å². The zero-order valence-electron chi connectivity index (χ0n) is 14.8. The molecular formula is C23H26N2. The van der Waals surface area contributed by atoms with Gasteiger partial charge in [0.25, 0.3) is 0 Å². The predicted octanol–water partition coefficient (Wildman–Crippen LogP) is 5.37. The topological polar surface area (TPSA) is 52.0 Å². The van der Waals surface area contributed by atoms with Crippen molar-refractivity contribution in [1.82, 2.24) is 0 Å². The zero-order chi connectivity index (χ0) is 17.6. The molecule has 3 aromatic carbocycles. The lowest BCUT2D eigenvalue weighted by molar-refractivity contribution is 0.794. The van der Waals surface area contributed by atoms with Crippen LogP contribution in [0.25, 0.3) is 0 Å². The quantitative estimate of drug-likeness (QED) is 0.471. The highest BCUT2D eigenvalue weighted by Crippen LogP contribution is 2.33. The van der Waals surface area contributed by atoms with Gasteiger partial charge in [-0.15, -0.1) is 0 Å². The molecule has 4 N–H and O–H groups in total. The SMILES string of the molecule is CCCCc1ccc(C(c2ccc(N)cc2)c2ccc(N)cc2)cc1. The van der Waals surface area contributed by atoms with E-state index in [9.17, 15) is 0 Å². The normalized spacial score (nSPS) is 11.0. The van der Waals surface area contributed by atoms with E-state index in [0.29, 0.717) is 0 Å². The molecule has 0 amide bonds. The second kappa shape index (κ2) is 7.89. The highest BCUT2D eigenvalue weighted by Gasteiger charge is 2.16. The molecule has 0 unspecified atom stereocenters. The van der Waals surface area contributed by atoms with Crippen molar-refractivity contribution in [3.63, 3.8) is 0 Å². The van der Waals surface area contributed by atoms with Crippen LogP contribution in [0.5, 0.6) is 0 Å². The molecule has 2 nitrogen and oxygen atoms in total. The third-order valence-corrected chi connectivity index (χ3v) is 4.67. The standard InChI is InChI=1S/C23H26N2/c1-2-3-4-17-5-7-18(8-6-17)23(19-9-13-21(24)14-10-19)20-11-15-22(25)16-12-20/h5-16,23H,2-4,24-25H2,1H3. The molecule has 2 heteroatoms. The van der Waals surface area contributed by atoms with Gasteiger partial charge in [-0.3, -0.25) is 0 Å². The molecule has 0 saturated heterocycles. The van der Waals surface area contributed by atoms with Gasteiger partial charge < -0.3 is 11.5 Å². The maximum absolute atomic E-state index is 5.87. The zero-order valence-corrected chi connectivity index (χ0v) is 14.8. The van der Waals surface area contributed by atoms with Crippen LogP contribution < -0.4 is 11.5 Å². The molecule has 25 heavy (non-hydrogen) atoms. The lowest BCUT2D eigenvalue weighted by Gasteiger charge is -2.20. The molecular weight excluding hydrogens is 304 g/mol. The number of nitrogens with two attached hydrogens (primary N) is 2. The summed E-state index contributed by atoms with van der Waals surface area (Å²) < 4.78 is 0. The molecule has 0 bridgehead atoms. The first kappa shape index (κ1) is 17.1. The van der Waals surface area contributed by atoms with Crippen molar-refractivity contribution in [2.75, 3.05) is 11.5 Å². The van der Waals surface area contributed by atoms with Gasteiger partial charge in [-0.05, 0) is 59.4 Å². The van der Waals surface area contributed by atoms with Crippen LogP contribution in [0.2, 0.25) is 0 Å². The summed E-state index contributed by atoms with van der Waals surface area (Å²) >= 11 is 0. The Labute approximate surface area is 150 Å². The van der Waals surface area contributed by atoms with Crippen molar-refractivity contribution in [3.05, 3.63) is 95.1 Å². The van der Waals surface area contributed by atoms with Gasteiger partial charge in [-0.1, -0.05) is 61.9 Å². The summed E-state index contributed by atoms with van der Waals surface area (Å²) in [4.78, 5) is 0. The Hall–Kier alpha value is -2.74. The maximum atomic E-state index is 5.87. The van der Waals surface area contributed by atoms with E-state index in [1.807, 2.05) is 24.3 Å². The molecule has 128 valence electrons. The Bertz CT molecular complexity index is 742. The van der Waals surface area contributed by atoms with Crippen LogP contribution in [0.3, 0.4) is 0 Å². The van der Waals surface area contributed by atoms with E-state index in [1.165, 1.54) is 35.1 Å². The average Bonchev–Trinajstić information content (AvgIpc) is 2.64. The number of anilines is 2. The first-order valence-corrected chi connectivity index (χ1v) is 8.97. The second-order valence-corrected chi connectivity index (χ2v) is 6.61. The first-order chi connectivity index (χ1) is 12.2. The Kier molecular flexibility index (Phi) is 5.39. The van der Waals surface area contributed by atoms with Gasteiger partial charge in [0.05, 0.1) is 0 Å². The van der Waals surface area contributed by atoms with E-state index < -0.39 is 0 Å². The number of benzene rings is 3. The van der Waals surface area contributed by atoms with Gasteiger partial charge in [-0.2, -0.15) is 0 Å². The molecule has 3 rings (SSSR count). The van der Waals surface area contributed by atoms with Crippen LogP contribution in [-0.4, -0.2) is 0 Å². The molecule has 0 heterocycles. The fraction of sp³-hybridized carbons (Fsp3) is 0.217. The molecule has 3 aromatic rings. The number of rotatable bonds is 6. The minimum Gasteiger partial charge on any atom is -0.399 e. The molecule has 0 radical (unpaired) electrons. The molecule has 0 atom stereocenters. The van der Waals surface area contributed by atoms with Gasteiger partial charge in [0, 0.05) is 17.3 Å². The lowest BCUT2D eigenvalue weighted by Crippen LogP contribution is -2.04. The minimum absolute atomic E-state index is 0.182. The molecule has 0 aliphatic rings. The monoisotopic (exact) mass is 330 g/mol. The van der Waals surface area contributed by atoms with Crippen molar-refractivity contribution in [2.24, 2.45) is 0 Å². The summed E-state index contributed by atoms with van der Waals surface area (Å²) in [6, 6.07) is 25.3. The Morgan fingerprint density at radius 3 is 1.44 bits per heavy atom. The van der Waals surface area contributed by atoms with Crippen LogP contribution in [0.15, 0.2) is 72.8 Å². The summed E-state index contributed by atoms with van der Waals surface area (Å²) in [6.45, 7) is 2.23. The van der Waals surface area contributed by atoms with E-state index >= 15 is 0 Å². The first-order valence-electron chi connectivity index (χ1n) is 8.97. The fourth-order valence-corrected chi connectivity index (χ4v) is 3.21.